The van der Waals surface area contributed by atoms with Gasteiger partial charge in [-0.15, -0.1) is 0 Å². The maximum atomic E-state index is 12.3. The van der Waals surface area contributed by atoms with E-state index in [9.17, 15) is 4.79 Å². The lowest BCUT2D eigenvalue weighted by molar-refractivity contribution is -0.166. The molecule has 1 unspecified atom stereocenters. The molecule has 1 heterocycles. The van der Waals surface area contributed by atoms with E-state index in [1.54, 1.807) is 12.1 Å². The second kappa shape index (κ2) is 10.2. The summed E-state index contributed by atoms with van der Waals surface area (Å²) in [4.78, 5) is 14.7. The van der Waals surface area contributed by atoms with Gasteiger partial charge >= 0.3 is 5.97 Å². The molecule has 5 nitrogen and oxygen atoms in total. The van der Waals surface area contributed by atoms with Crippen LogP contribution in [0.1, 0.15) is 50.8 Å². The number of benzene rings is 2. The zero-order valence-corrected chi connectivity index (χ0v) is 20.9. The lowest BCUT2D eigenvalue weighted by atomic mass is 9.79. The molecule has 2 fully saturated rings. The van der Waals surface area contributed by atoms with Crippen LogP contribution >= 0.6 is 23.2 Å². The van der Waals surface area contributed by atoms with Gasteiger partial charge < -0.3 is 14.2 Å². The molecule has 1 atom stereocenters. The largest absolute Gasteiger partial charge is 0.489 e. The summed E-state index contributed by atoms with van der Waals surface area (Å²) in [6, 6.07) is 13.8. The predicted octanol–water partition coefficient (Wildman–Crippen LogP) is 6.07. The molecule has 0 radical (unpaired) electrons. The van der Waals surface area contributed by atoms with Crippen molar-refractivity contribution in [3.8, 4) is 5.75 Å². The average Bonchev–Trinajstić information content (AvgIpc) is 2.72. The number of hydrogen-bond donors (Lipinski definition) is 0. The smallest absolute Gasteiger partial charge is 0.309 e. The number of ether oxygens (including phenoxy) is 3. The number of nitrogens with zero attached hydrogens (tertiary/aromatic N) is 1. The quantitative estimate of drug-likeness (QED) is 0.459. The molecule has 33 heavy (non-hydrogen) atoms. The molecule has 2 aromatic carbocycles. The SMILES string of the molecule is CC(C)(C)OC(=O)C1CC(N2CCOC(c3ccc(OCc4c(Cl)cccc4Cl)cc3)C2)C1. The molecule has 1 aliphatic carbocycles. The minimum absolute atomic E-state index is 0.00592. The molecule has 0 spiro atoms. The number of rotatable bonds is 6. The zero-order valence-electron chi connectivity index (χ0n) is 19.4. The normalized spacial score (nSPS) is 23.6. The molecule has 0 aromatic heterocycles. The number of carbonyl (C=O) groups excluding carboxylic acids is 1. The molecular weight excluding hydrogens is 461 g/mol. The second-order valence-corrected chi connectivity index (χ2v) is 10.6. The highest BCUT2D eigenvalue weighted by Gasteiger charge is 2.41. The summed E-state index contributed by atoms with van der Waals surface area (Å²) in [5, 5.41) is 1.19. The molecule has 0 bridgehead atoms. The maximum absolute atomic E-state index is 12.3. The lowest BCUT2D eigenvalue weighted by Gasteiger charge is -2.45. The molecule has 0 amide bonds. The first-order chi connectivity index (χ1) is 15.7. The molecule has 0 N–H and O–H groups in total. The van der Waals surface area contributed by atoms with E-state index in [1.165, 1.54) is 0 Å². The minimum Gasteiger partial charge on any atom is -0.489 e. The second-order valence-electron chi connectivity index (χ2n) is 9.77. The summed E-state index contributed by atoms with van der Waals surface area (Å²) >= 11 is 12.4. The number of halogens is 2. The van der Waals surface area contributed by atoms with Crippen LogP contribution in [0.2, 0.25) is 10.0 Å². The summed E-state index contributed by atoms with van der Waals surface area (Å²) in [7, 11) is 0. The van der Waals surface area contributed by atoms with Crippen molar-refractivity contribution in [2.75, 3.05) is 19.7 Å². The monoisotopic (exact) mass is 491 g/mol. The van der Waals surface area contributed by atoms with Crippen LogP contribution in [0.4, 0.5) is 0 Å². The van der Waals surface area contributed by atoms with Gasteiger partial charge in [-0.25, -0.2) is 0 Å². The van der Waals surface area contributed by atoms with Gasteiger partial charge in [0.15, 0.2) is 0 Å². The van der Waals surface area contributed by atoms with E-state index in [-0.39, 0.29) is 18.0 Å². The van der Waals surface area contributed by atoms with Crippen LogP contribution in [-0.4, -0.2) is 42.2 Å². The van der Waals surface area contributed by atoms with Crippen molar-refractivity contribution in [2.24, 2.45) is 5.92 Å². The van der Waals surface area contributed by atoms with Crippen LogP contribution in [0.15, 0.2) is 42.5 Å². The molecule has 7 heteroatoms. The summed E-state index contributed by atoms with van der Waals surface area (Å²) in [6.45, 7) is 8.44. The first-order valence-electron chi connectivity index (χ1n) is 11.4. The molecule has 1 saturated heterocycles. The first-order valence-corrected chi connectivity index (χ1v) is 12.2. The fourth-order valence-electron chi connectivity index (χ4n) is 4.27. The van der Waals surface area contributed by atoms with E-state index < -0.39 is 5.60 Å². The van der Waals surface area contributed by atoms with Crippen LogP contribution in [0.3, 0.4) is 0 Å². The van der Waals surface area contributed by atoms with Crippen molar-refractivity contribution in [3.63, 3.8) is 0 Å². The third-order valence-corrected chi connectivity index (χ3v) is 6.87. The van der Waals surface area contributed by atoms with Crippen molar-refractivity contribution in [1.29, 1.82) is 0 Å². The van der Waals surface area contributed by atoms with E-state index >= 15 is 0 Å². The van der Waals surface area contributed by atoms with E-state index in [4.69, 9.17) is 37.4 Å². The van der Waals surface area contributed by atoms with Gasteiger partial charge in [-0.05, 0) is 63.4 Å². The number of esters is 1. The summed E-state index contributed by atoms with van der Waals surface area (Å²) < 4.78 is 17.5. The van der Waals surface area contributed by atoms with Crippen LogP contribution in [0.25, 0.3) is 0 Å². The van der Waals surface area contributed by atoms with Gasteiger partial charge in [0.1, 0.15) is 18.0 Å². The fraction of sp³-hybridized carbons (Fsp3) is 0.500. The Morgan fingerprint density at radius 1 is 1.09 bits per heavy atom. The predicted molar refractivity (Wildman–Crippen MR) is 130 cm³/mol. The van der Waals surface area contributed by atoms with Gasteiger partial charge in [-0.2, -0.15) is 0 Å². The third-order valence-electron chi connectivity index (χ3n) is 6.16. The van der Waals surface area contributed by atoms with Gasteiger partial charge in [-0.1, -0.05) is 41.4 Å². The van der Waals surface area contributed by atoms with Crippen molar-refractivity contribution in [2.45, 2.75) is 58.0 Å². The molecule has 4 rings (SSSR count). The van der Waals surface area contributed by atoms with Crippen LogP contribution in [-0.2, 0) is 20.9 Å². The van der Waals surface area contributed by atoms with Crippen molar-refractivity contribution < 1.29 is 19.0 Å². The summed E-state index contributed by atoms with van der Waals surface area (Å²) in [5.74, 6) is 0.692. The Hall–Kier alpha value is -1.79. The van der Waals surface area contributed by atoms with Crippen LogP contribution in [0.5, 0.6) is 5.75 Å². The Kier molecular flexibility index (Phi) is 7.54. The number of morpholine rings is 1. The van der Waals surface area contributed by atoms with Gasteiger partial charge in [0.2, 0.25) is 0 Å². The Labute approximate surface area is 205 Å². The molecule has 1 saturated carbocycles. The Morgan fingerprint density at radius 3 is 2.39 bits per heavy atom. The lowest BCUT2D eigenvalue weighted by Crippen LogP contribution is -2.52. The zero-order chi connectivity index (χ0) is 23.6. The summed E-state index contributed by atoms with van der Waals surface area (Å²) in [6.07, 6.45) is 1.73. The van der Waals surface area contributed by atoms with Crippen molar-refractivity contribution in [3.05, 3.63) is 63.6 Å². The molecule has 178 valence electrons. The topological polar surface area (TPSA) is 48.0 Å². The first kappa shape index (κ1) is 24.3. The number of hydrogen-bond acceptors (Lipinski definition) is 5. The van der Waals surface area contributed by atoms with E-state index in [0.29, 0.717) is 29.3 Å². The molecule has 2 aromatic rings. The Bertz CT molecular complexity index is 947. The Balaban J connectivity index is 1.29. The highest BCUT2D eigenvalue weighted by Crippen LogP contribution is 2.36. The van der Waals surface area contributed by atoms with E-state index in [2.05, 4.69) is 4.90 Å². The number of carbonyl (C=O) groups is 1. The standard InChI is InChI=1S/C26H31Cl2NO4/c1-26(2,3)33-25(30)18-13-19(14-18)29-11-12-31-24(15-29)17-7-9-20(10-8-17)32-16-21-22(27)5-4-6-23(21)28/h4-10,18-19,24H,11-16H2,1-3H3. The minimum atomic E-state index is -0.429. The van der Waals surface area contributed by atoms with Gasteiger partial charge in [0, 0.05) is 34.7 Å². The third kappa shape index (κ3) is 6.21. The van der Waals surface area contributed by atoms with Gasteiger partial charge in [-0.3, -0.25) is 9.69 Å². The van der Waals surface area contributed by atoms with Gasteiger partial charge in [0.05, 0.1) is 18.6 Å². The summed E-state index contributed by atoms with van der Waals surface area (Å²) in [5.41, 5.74) is 1.47. The molecular formula is C26H31Cl2NO4. The van der Waals surface area contributed by atoms with Gasteiger partial charge in [0.25, 0.3) is 0 Å². The van der Waals surface area contributed by atoms with E-state index in [0.717, 1.165) is 42.8 Å². The maximum Gasteiger partial charge on any atom is 0.309 e. The molecule has 2 aliphatic rings. The Morgan fingerprint density at radius 2 is 1.76 bits per heavy atom. The van der Waals surface area contributed by atoms with Crippen molar-refractivity contribution in [1.82, 2.24) is 4.90 Å². The highest BCUT2D eigenvalue weighted by molar-refractivity contribution is 6.35. The fourth-order valence-corrected chi connectivity index (χ4v) is 4.78. The van der Waals surface area contributed by atoms with E-state index in [1.807, 2.05) is 51.1 Å². The van der Waals surface area contributed by atoms with Crippen LogP contribution < -0.4 is 4.74 Å². The van der Waals surface area contributed by atoms with Crippen LogP contribution in [0, 0.1) is 5.92 Å². The molecule has 1 aliphatic heterocycles. The highest BCUT2D eigenvalue weighted by atomic mass is 35.5. The average molecular weight is 492 g/mol. The van der Waals surface area contributed by atoms with Crippen molar-refractivity contribution >= 4 is 29.2 Å².